The second kappa shape index (κ2) is 14.8. The molecule has 1 fully saturated rings. The van der Waals surface area contributed by atoms with Crippen LogP contribution in [-0.4, -0.2) is 68.5 Å². The van der Waals surface area contributed by atoms with Gasteiger partial charge in [-0.2, -0.15) is 0 Å². The number of imide groups is 1. The first-order valence-electron chi connectivity index (χ1n) is 14.2. The van der Waals surface area contributed by atoms with Crippen LogP contribution in [0.2, 0.25) is 10.0 Å². The SMILES string of the molecule is CCCC(=O)OC(C)OC(=O)N1C(=O)CCc2ccc(OCCCCN3CCN(c4cccc(Cl)c4Cl)CC3)cc21. The smallest absolute Gasteiger partial charge is 0.424 e. The highest BCUT2D eigenvalue weighted by Gasteiger charge is 2.32. The van der Waals surface area contributed by atoms with Gasteiger partial charge in [0.25, 0.3) is 0 Å². The van der Waals surface area contributed by atoms with Gasteiger partial charge in [-0.1, -0.05) is 42.3 Å². The molecule has 0 bridgehead atoms. The molecule has 4 rings (SSSR count). The van der Waals surface area contributed by atoms with Crippen LogP contribution in [0.5, 0.6) is 5.75 Å². The lowest BCUT2D eigenvalue weighted by molar-refractivity contribution is -0.164. The van der Waals surface area contributed by atoms with Gasteiger partial charge in [-0.3, -0.25) is 14.5 Å². The molecule has 0 spiro atoms. The summed E-state index contributed by atoms with van der Waals surface area (Å²) in [7, 11) is 0. The lowest BCUT2D eigenvalue weighted by atomic mass is 10.0. The monoisotopic (exact) mass is 605 g/mol. The highest BCUT2D eigenvalue weighted by molar-refractivity contribution is 6.43. The summed E-state index contributed by atoms with van der Waals surface area (Å²) in [5, 5.41) is 1.18. The molecular formula is C30H37Cl2N3O6. The van der Waals surface area contributed by atoms with Crippen molar-refractivity contribution in [2.75, 3.05) is 49.1 Å². The number of piperazine rings is 1. The predicted octanol–water partition coefficient (Wildman–Crippen LogP) is 6.08. The average Bonchev–Trinajstić information content (AvgIpc) is 2.94. The molecular weight excluding hydrogens is 569 g/mol. The van der Waals surface area contributed by atoms with E-state index in [1.165, 1.54) is 6.92 Å². The van der Waals surface area contributed by atoms with E-state index in [0.717, 1.165) is 61.7 Å². The van der Waals surface area contributed by atoms with E-state index < -0.39 is 18.4 Å². The summed E-state index contributed by atoms with van der Waals surface area (Å²) in [5.74, 6) is -0.256. The molecule has 9 nitrogen and oxygen atoms in total. The number of amides is 2. The minimum atomic E-state index is -1.10. The fraction of sp³-hybridized carbons (Fsp3) is 0.500. The standard InChI is InChI=1S/C30H37Cl2N3O6/c1-3-7-28(37)40-21(2)41-30(38)35-26-20-23(12-10-22(26)11-13-27(35)36)39-19-5-4-14-33-15-17-34(18-16-33)25-9-6-8-24(31)29(25)32/h6,8-10,12,20-21H,3-5,7,11,13-19H2,1-2H3. The molecule has 0 N–H and O–H groups in total. The molecule has 2 aliphatic rings. The van der Waals surface area contributed by atoms with Crippen LogP contribution >= 0.6 is 23.2 Å². The Morgan fingerprint density at radius 1 is 0.976 bits per heavy atom. The van der Waals surface area contributed by atoms with Crippen molar-refractivity contribution in [3.8, 4) is 5.75 Å². The van der Waals surface area contributed by atoms with Gasteiger partial charge in [-0.15, -0.1) is 0 Å². The van der Waals surface area contributed by atoms with Crippen LogP contribution in [0, 0.1) is 0 Å². The molecule has 0 saturated carbocycles. The average molecular weight is 607 g/mol. The van der Waals surface area contributed by atoms with Crippen molar-refractivity contribution in [3.05, 3.63) is 52.0 Å². The summed E-state index contributed by atoms with van der Waals surface area (Å²) in [6.45, 7) is 8.47. The highest BCUT2D eigenvalue weighted by Crippen LogP contribution is 2.34. The molecule has 0 aliphatic carbocycles. The fourth-order valence-electron chi connectivity index (χ4n) is 4.98. The highest BCUT2D eigenvalue weighted by atomic mass is 35.5. The summed E-state index contributed by atoms with van der Waals surface area (Å²) >= 11 is 12.6. The lowest BCUT2D eigenvalue weighted by Gasteiger charge is -2.36. The van der Waals surface area contributed by atoms with E-state index in [0.29, 0.717) is 40.9 Å². The molecule has 1 atom stereocenters. The fourth-order valence-corrected chi connectivity index (χ4v) is 5.40. The van der Waals surface area contributed by atoms with Crippen LogP contribution in [0.1, 0.15) is 51.5 Å². The number of esters is 1. The van der Waals surface area contributed by atoms with Crippen LogP contribution in [-0.2, 0) is 25.5 Å². The van der Waals surface area contributed by atoms with Gasteiger partial charge in [0.15, 0.2) is 0 Å². The number of halogens is 2. The van der Waals surface area contributed by atoms with Gasteiger partial charge < -0.3 is 19.1 Å². The van der Waals surface area contributed by atoms with E-state index in [4.69, 9.17) is 37.4 Å². The third-order valence-corrected chi connectivity index (χ3v) is 7.95. The minimum absolute atomic E-state index is 0.187. The van der Waals surface area contributed by atoms with E-state index in [1.54, 1.807) is 12.1 Å². The second-order valence-electron chi connectivity index (χ2n) is 10.2. The number of carbonyl (C=O) groups excluding carboxylic acids is 3. The Balaban J connectivity index is 1.23. The van der Waals surface area contributed by atoms with Gasteiger partial charge in [0.05, 0.1) is 28.0 Å². The summed E-state index contributed by atoms with van der Waals surface area (Å²) in [6.07, 6.45) is 1.43. The minimum Gasteiger partial charge on any atom is -0.494 e. The maximum Gasteiger partial charge on any atom is 0.424 e. The van der Waals surface area contributed by atoms with Crippen molar-refractivity contribution < 1.29 is 28.6 Å². The zero-order valence-corrected chi connectivity index (χ0v) is 25.1. The number of benzene rings is 2. The molecule has 1 unspecified atom stereocenters. The van der Waals surface area contributed by atoms with Crippen molar-refractivity contribution in [2.45, 2.75) is 58.7 Å². The Morgan fingerprint density at radius 2 is 1.76 bits per heavy atom. The number of carbonyl (C=O) groups is 3. The number of anilines is 2. The maximum absolute atomic E-state index is 12.8. The number of rotatable bonds is 11. The number of hydrogen-bond donors (Lipinski definition) is 0. The molecule has 2 heterocycles. The number of hydrogen-bond acceptors (Lipinski definition) is 8. The summed E-state index contributed by atoms with van der Waals surface area (Å²) < 4.78 is 16.3. The third kappa shape index (κ3) is 8.27. The van der Waals surface area contributed by atoms with Crippen LogP contribution in [0.4, 0.5) is 16.2 Å². The molecule has 2 aromatic carbocycles. The van der Waals surface area contributed by atoms with Crippen molar-refractivity contribution in [1.29, 1.82) is 0 Å². The van der Waals surface area contributed by atoms with E-state index in [2.05, 4.69) is 9.80 Å². The van der Waals surface area contributed by atoms with E-state index in [9.17, 15) is 14.4 Å². The van der Waals surface area contributed by atoms with Crippen molar-refractivity contribution in [2.24, 2.45) is 0 Å². The zero-order valence-electron chi connectivity index (χ0n) is 23.6. The van der Waals surface area contributed by atoms with Crippen LogP contribution in [0.25, 0.3) is 0 Å². The molecule has 0 radical (unpaired) electrons. The molecule has 222 valence electrons. The van der Waals surface area contributed by atoms with Crippen molar-refractivity contribution in [3.63, 3.8) is 0 Å². The molecule has 11 heteroatoms. The maximum atomic E-state index is 12.8. The van der Waals surface area contributed by atoms with E-state index in [1.807, 2.05) is 31.2 Å². The van der Waals surface area contributed by atoms with E-state index in [-0.39, 0.29) is 18.7 Å². The zero-order chi connectivity index (χ0) is 29.4. The number of nitrogens with zero attached hydrogens (tertiary/aromatic N) is 3. The Morgan fingerprint density at radius 3 is 2.51 bits per heavy atom. The Kier molecular flexibility index (Phi) is 11.1. The number of unbranched alkanes of at least 4 members (excludes halogenated alkanes) is 1. The molecule has 2 aliphatic heterocycles. The van der Waals surface area contributed by atoms with Gasteiger partial charge in [-0.05, 0) is 56.0 Å². The molecule has 1 saturated heterocycles. The summed E-state index contributed by atoms with van der Waals surface area (Å²) in [4.78, 5) is 42.9. The number of ether oxygens (including phenoxy) is 3. The Labute approximate surface area is 251 Å². The van der Waals surface area contributed by atoms with Crippen LogP contribution in [0.15, 0.2) is 36.4 Å². The molecule has 2 amide bonds. The van der Waals surface area contributed by atoms with Crippen molar-refractivity contribution >= 4 is 52.5 Å². The van der Waals surface area contributed by atoms with Crippen molar-refractivity contribution in [1.82, 2.24) is 4.90 Å². The van der Waals surface area contributed by atoms with Gasteiger partial charge in [0.2, 0.25) is 12.2 Å². The number of aryl methyl sites for hydroxylation is 1. The first-order valence-corrected chi connectivity index (χ1v) is 14.9. The third-order valence-electron chi connectivity index (χ3n) is 7.14. The summed E-state index contributed by atoms with van der Waals surface area (Å²) in [5.41, 5.74) is 2.27. The lowest BCUT2D eigenvalue weighted by Crippen LogP contribution is -2.46. The largest absolute Gasteiger partial charge is 0.494 e. The topological polar surface area (TPSA) is 88.6 Å². The Bertz CT molecular complexity index is 1230. The van der Waals surface area contributed by atoms with Crippen LogP contribution < -0.4 is 14.5 Å². The van der Waals surface area contributed by atoms with Gasteiger partial charge in [0.1, 0.15) is 5.75 Å². The quantitative estimate of drug-likeness (QED) is 0.173. The normalized spacial score (nSPS) is 16.2. The predicted molar refractivity (Wildman–Crippen MR) is 159 cm³/mol. The summed E-state index contributed by atoms with van der Waals surface area (Å²) in [6, 6.07) is 11.2. The molecule has 0 aromatic heterocycles. The Hall–Kier alpha value is -3.01. The molecule has 2 aromatic rings. The first-order chi connectivity index (χ1) is 19.8. The number of fused-ring (bicyclic) bond motifs is 1. The van der Waals surface area contributed by atoms with Gasteiger partial charge >= 0.3 is 12.1 Å². The van der Waals surface area contributed by atoms with Gasteiger partial charge in [-0.25, -0.2) is 9.69 Å². The molecule has 41 heavy (non-hydrogen) atoms. The second-order valence-corrected chi connectivity index (χ2v) is 11.0. The van der Waals surface area contributed by atoms with E-state index >= 15 is 0 Å². The van der Waals surface area contributed by atoms with Gasteiger partial charge in [0, 0.05) is 52.0 Å². The first kappa shape index (κ1) is 30.9. The van der Waals surface area contributed by atoms with Crippen LogP contribution in [0.3, 0.4) is 0 Å².